The van der Waals surface area contributed by atoms with Gasteiger partial charge in [0.1, 0.15) is 11.6 Å². The molecule has 3 rings (SSSR count). The Morgan fingerprint density at radius 1 is 1.18 bits per heavy atom. The Labute approximate surface area is 159 Å². The van der Waals surface area contributed by atoms with Crippen molar-refractivity contribution in [1.29, 1.82) is 0 Å². The molecule has 7 nitrogen and oxygen atoms in total. The van der Waals surface area contributed by atoms with Gasteiger partial charge in [-0.25, -0.2) is 9.18 Å². The maximum absolute atomic E-state index is 13.8. The molecule has 3 aromatic rings. The second kappa shape index (κ2) is 7.51. The topological polar surface area (TPSA) is 101 Å². The number of aromatic nitrogens is 2. The summed E-state index contributed by atoms with van der Waals surface area (Å²) in [5.41, 5.74) is 5.67. The number of amides is 1. The Bertz CT molecular complexity index is 1150. The van der Waals surface area contributed by atoms with E-state index in [0.29, 0.717) is 5.56 Å². The number of nitrogens with two attached hydrogens (primary N) is 1. The molecule has 144 valence electrons. The third-order valence-corrected chi connectivity index (χ3v) is 4.46. The van der Waals surface area contributed by atoms with Crippen molar-refractivity contribution in [1.82, 2.24) is 9.55 Å². The van der Waals surface area contributed by atoms with E-state index in [-0.39, 0.29) is 23.6 Å². The van der Waals surface area contributed by atoms with Gasteiger partial charge in [-0.3, -0.25) is 19.1 Å². The maximum atomic E-state index is 13.8. The average Bonchev–Trinajstić information content (AvgIpc) is 2.67. The van der Waals surface area contributed by atoms with Crippen LogP contribution >= 0.6 is 0 Å². The van der Waals surface area contributed by atoms with Crippen molar-refractivity contribution in [2.24, 2.45) is 0 Å². The largest absolute Gasteiger partial charge is 0.383 e. The van der Waals surface area contributed by atoms with Crippen LogP contribution in [0.1, 0.15) is 21.5 Å². The fraction of sp³-hybridized carbons (Fsp3) is 0.150. The number of rotatable bonds is 4. The van der Waals surface area contributed by atoms with Gasteiger partial charge in [-0.05, 0) is 30.2 Å². The number of halogens is 1. The third kappa shape index (κ3) is 3.57. The molecule has 0 saturated heterocycles. The summed E-state index contributed by atoms with van der Waals surface area (Å²) in [6.45, 7) is 1.70. The van der Waals surface area contributed by atoms with Crippen LogP contribution in [-0.2, 0) is 6.54 Å². The SMILES string of the molecule is Cc1ccc(C(=O)N(C)c2c(N)n(Cc3ccccc3)c(=O)[nH]c2=O)cc1F. The van der Waals surface area contributed by atoms with Gasteiger partial charge >= 0.3 is 5.69 Å². The number of benzene rings is 2. The van der Waals surface area contributed by atoms with Crippen molar-refractivity contribution in [2.45, 2.75) is 13.5 Å². The third-order valence-electron chi connectivity index (χ3n) is 4.46. The lowest BCUT2D eigenvalue weighted by molar-refractivity contribution is 0.0992. The monoisotopic (exact) mass is 382 g/mol. The van der Waals surface area contributed by atoms with Crippen molar-refractivity contribution in [3.8, 4) is 0 Å². The summed E-state index contributed by atoms with van der Waals surface area (Å²) in [6.07, 6.45) is 0. The number of carbonyl (C=O) groups excluding carboxylic acids is 1. The summed E-state index contributed by atoms with van der Waals surface area (Å²) in [4.78, 5) is 40.5. The Kier molecular flexibility index (Phi) is 5.12. The van der Waals surface area contributed by atoms with Crippen LogP contribution in [0.15, 0.2) is 58.1 Å². The van der Waals surface area contributed by atoms with Crippen LogP contribution < -0.4 is 21.9 Å². The zero-order chi connectivity index (χ0) is 20.4. The van der Waals surface area contributed by atoms with Crippen molar-refractivity contribution < 1.29 is 9.18 Å². The van der Waals surface area contributed by atoms with Crippen LogP contribution in [0.2, 0.25) is 0 Å². The molecule has 1 heterocycles. The number of H-pyrrole nitrogens is 1. The Morgan fingerprint density at radius 3 is 2.50 bits per heavy atom. The Morgan fingerprint density at radius 2 is 1.86 bits per heavy atom. The number of carbonyl (C=O) groups is 1. The minimum atomic E-state index is -0.796. The van der Waals surface area contributed by atoms with Gasteiger partial charge in [0.15, 0.2) is 5.69 Å². The summed E-state index contributed by atoms with van der Waals surface area (Å²) in [6, 6.07) is 13.1. The fourth-order valence-corrected chi connectivity index (χ4v) is 2.85. The van der Waals surface area contributed by atoms with Crippen molar-refractivity contribution >= 4 is 17.4 Å². The molecule has 28 heavy (non-hydrogen) atoms. The lowest BCUT2D eigenvalue weighted by Gasteiger charge is -2.20. The summed E-state index contributed by atoms with van der Waals surface area (Å²) in [7, 11) is 1.35. The van der Waals surface area contributed by atoms with Crippen LogP contribution in [0.5, 0.6) is 0 Å². The van der Waals surface area contributed by atoms with E-state index in [1.165, 1.54) is 23.7 Å². The number of aromatic amines is 1. The first-order chi connectivity index (χ1) is 13.3. The summed E-state index contributed by atoms with van der Waals surface area (Å²) in [5.74, 6) is -1.31. The predicted octanol–water partition coefficient (Wildman–Crippen LogP) is 1.89. The Hall–Kier alpha value is -3.68. The molecule has 3 N–H and O–H groups in total. The minimum Gasteiger partial charge on any atom is -0.383 e. The standard InChI is InChI=1S/C20H19FN4O3/c1-12-8-9-14(10-15(12)21)19(27)24(2)16-17(22)25(20(28)23-18(16)26)11-13-6-4-3-5-7-13/h3-10H,11,22H2,1-2H3,(H,23,26,28). The number of aryl methyl sites for hydroxylation is 1. The van der Waals surface area contributed by atoms with E-state index >= 15 is 0 Å². The van der Waals surface area contributed by atoms with E-state index in [4.69, 9.17) is 5.73 Å². The van der Waals surface area contributed by atoms with Crippen molar-refractivity contribution in [3.05, 3.63) is 91.9 Å². The van der Waals surface area contributed by atoms with Gasteiger partial charge in [0.25, 0.3) is 11.5 Å². The van der Waals surface area contributed by atoms with E-state index in [2.05, 4.69) is 4.98 Å². The lowest BCUT2D eigenvalue weighted by atomic mass is 10.1. The second-order valence-corrected chi connectivity index (χ2v) is 6.39. The number of hydrogen-bond acceptors (Lipinski definition) is 4. The molecule has 0 aliphatic heterocycles. The van der Waals surface area contributed by atoms with Gasteiger partial charge in [0.05, 0.1) is 6.54 Å². The van der Waals surface area contributed by atoms with Crippen LogP contribution in [0.4, 0.5) is 15.9 Å². The van der Waals surface area contributed by atoms with E-state index in [9.17, 15) is 18.8 Å². The molecule has 0 aliphatic carbocycles. The van der Waals surface area contributed by atoms with Crippen LogP contribution in [0.25, 0.3) is 0 Å². The fourth-order valence-electron chi connectivity index (χ4n) is 2.85. The highest BCUT2D eigenvalue weighted by Crippen LogP contribution is 2.19. The predicted molar refractivity (Wildman–Crippen MR) is 105 cm³/mol. The van der Waals surface area contributed by atoms with Crippen molar-refractivity contribution in [3.63, 3.8) is 0 Å². The van der Waals surface area contributed by atoms with Crippen LogP contribution in [0, 0.1) is 12.7 Å². The molecule has 2 aromatic carbocycles. The normalized spacial score (nSPS) is 10.7. The zero-order valence-electron chi connectivity index (χ0n) is 15.4. The first kappa shape index (κ1) is 19.1. The summed E-state index contributed by atoms with van der Waals surface area (Å²) >= 11 is 0. The quantitative estimate of drug-likeness (QED) is 0.719. The van der Waals surface area contributed by atoms with E-state index < -0.39 is 23.0 Å². The molecule has 1 aromatic heterocycles. The van der Waals surface area contributed by atoms with E-state index in [0.717, 1.165) is 16.5 Å². The summed E-state index contributed by atoms with van der Waals surface area (Å²) in [5, 5.41) is 0. The molecule has 0 unspecified atom stereocenters. The molecule has 0 aliphatic rings. The van der Waals surface area contributed by atoms with Crippen LogP contribution in [0.3, 0.4) is 0 Å². The minimum absolute atomic E-state index is 0.0604. The number of nitrogens with one attached hydrogen (secondary N) is 1. The second-order valence-electron chi connectivity index (χ2n) is 6.39. The average molecular weight is 382 g/mol. The molecule has 0 bridgehead atoms. The highest BCUT2D eigenvalue weighted by atomic mass is 19.1. The van der Waals surface area contributed by atoms with Crippen molar-refractivity contribution in [2.75, 3.05) is 17.7 Å². The van der Waals surface area contributed by atoms with Gasteiger partial charge in [0.2, 0.25) is 0 Å². The molecule has 1 amide bonds. The van der Waals surface area contributed by atoms with Gasteiger partial charge < -0.3 is 10.6 Å². The molecular weight excluding hydrogens is 363 g/mol. The number of anilines is 2. The van der Waals surface area contributed by atoms with Gasteiger partial charge in [-0.15, -0.1) is 0 Å². The molecule has 0 spiro atoms. The number of nitrogens with zero attached hydrogens (tertiary/aromatic N) is 2. The molecule has 0 saturated carbocycles. The zero-order valence-corrected chi connectivity index (χ0v) is 15.4. The number of hydrogen-bond donors (Lipinski definition) is 2. The molecule has 8 heteroatoms. The molecule has 0 fully saturated rings. The first-order valence-corrected chi connectivity index (χ1v) is 8.50. The van der Waals surface area contributed by atoms with Crippen LogP contribution in [-0.4, -0.2) is 22.5 Å². The molecular formula is C20H19FN4O3. The Balaban J connectivity index is 2.04. The van der Waals surface area contributed by atoms with Gasteiger partial charge in [0, 0.05) is 12.6 Å². The smallest absolute Gasteiger partial charge is 0.330 e. The summed E-state index contributed by atoms with van der Waals surface area (Å²) < 4.78 is 15.0. The lowest BCUT2D eigenvalue weighted by Crippen LogP contribution is -2.39. The highest BCUT2D eigenvalue weighted by molar-refractivity contribution is 6.06. The van der Waals surface area contributed by atoms with Gasteiger partial charge in [-0.1, -0.05) is 36.4 Å². The van der Waals surface area contributed by atoms with E-state index in [1.807, 2.05) is 18.2 Å². The molecule has 0 atom stereocenters. The highest BCUT2D eigenvalue weighted by Gasteiger charge is 2.22. The number of nitrogen functional groups attached to an aromatic ring is 1. The molecule has 0 radical (unpaired) electrons. The van der Waals surface area contributed by atoms with Gasteiger partial charge in [-0.2, -0.15) is 0 Å². The first-order valence-electron chi connectivity index (χ1n) is 8.50. The van der Waals surface area contributed by atoms with E-state index in [1.54, 1.807) is 19.1 Å². The maximum Gasteiger partial charge on any atom is 0.330 e.